The molecule has 0 aromatic carbocycles. The van der Waals surface area contributed by atoms with Crippen LogP contribution in [0.1, 0.15) is 39.0 Å². The van der Waals surface area contributed by atoms with Crippen molar-refractivity contribution in [3.63, 3.8) is 0 Å². The van der Waals surface area contributed by atoms with E-state index in [1.54, 1.807) is 0 Å². The third-order valence-electron chi connectivity index (χ3n) is 4.27. The average Bonchev–Trinajstić information content (AvgIpc) is 2.47. The molecule has 1 saturated carbocycles. The van der Waals surface area contributed by atoms with Gasteiger partial charge in [0.25, 0.3) is 0 Å². The lowest BCUT2D eigenvalue weighted by atomic mass is 9.78. The van der Waals surface area contributed by atoms with Gasteiger partial charge in [-0.15, -0.1) is 0 Å². The molecule has 1 aromatic heterocycles. The van der Waals surface area contributed by atoms with Crippen molar-refractivity contribution in [3.05, 3.63) is 18.3 Å². The fourth-order valence-electron chi connectivity index (χ4n) is 2.66. The van der Waals surface area contributed by atoms with Crippen molar-refractivity contribution < 1.29 is 13.5 Å². The minimum atomic E-state index is -3.66. The molecule has 0 radical (unpaired) electrons. The van der Waals surface area contributed by atoms with E-state index in [0.717, 1.165) is 19.3 Å². The molecule has 0 amide bonds. The lowest BCUT2D eigenvalue weighted by Gasteiger charge is -2.35. The molecule has 7 heteroatoms. The largest absolute Gasteiger partial charge is 0.389 e. The fourth-order valence-corrected chi connectivity index (χ4v) is 3.73. The zero-order chi connectivity index (χ0) is 15.5. The summed E-state index contributed by atoms with van der Waals surface area (Å²) in [5, 5.41) is 10.5. The van der Waals surface area contributed by atoms with Crippen LogP contribution in [0.3, 0.4) is 0 Å². The number of aromatic nitrogens is 1. The molecule has 1 aliphatic rings. The first kappa shape index (κ1) is 16.2. The van der Waals surface area contributed by atoms with Crippen molar-refractivity contribution in [2.45, 2.75) is 49.5 Å². The molecule has 1 aliphatic carbocycles. The van der Waals surface area contributed by atoms with E-state index in [9.17, 15) is 13.5 Å². The van der Waals surface area contributed by atoms with E-state index in [2.05, 4.69) is 16.6 Å². The molecule has 0 spiro atoms. The molecular formula is C14H23N3O3S. The summed E-state index contributed by atoms with van der Waals surface area (Å²) < 4.78 is 26.8. The number of nitrogens with one attached hydrogen (secondary N) is 1. The highest BCUT2D eigenvalue weighted by Gasteiger charge is 2.33. The van der Waals surface area contributed by atoms with Gasteiger partial charge in [-0.1, -0.05) is 13.3 Å². The van der Waals surface area contributed by atoms with Crippen LogP contribution in [-0.4, -0.2) is 30.7 Å². The topological polar surface area (TPSA) is 105 Å². The van der Waals surface area contributed by atoms with E-state index in [-0.39, 0.29) is 17.3 Å². The number of aliphatic hydroxyl groups is 1. The Balaban J connectivity index is 1.97. The maximum Gasteiger partial charge on any atom is 0.242 e. The van der Waals surface area contributed by atoms with Crippen molar-refractivity contribution in [2.75, 3.05) is 12.3 Å². The summed E-state index contributed by atoms with van der Waals surface area (Å²) in [7, 11) is -3.66. The number of rotatable bonds is 5. The summed E-state index contributed by atoms with van der Waals surface area (Å²) in [6.45, 7) is 2.18. The van der Waals surface area contributed by atoms with Gasteiger partial charge < -0.3 is 10.8 Å². The van der Waals surface area contributed by atoms with Crippen molar-refractivity contribution in [3.8, 4) is 0 Å². The maximum atomic E-state index is 12.1. The summed E-state index contributed by atoms with van der Waals surface area (Å²) in [4.78, 5) is 3.83. The molecule has 4 N–H and O–H groups in total. The number of sulfonamides is 1. The summed E-state index contributed by atoms with van der Waals surface area (Å²) >= 11 is 0. The third kappa shape index (κ3) is 4.15. The van der Waals surface area contributed by atoms with Crippen molar-refractivity contribution >= 4 is 15.8 Å². The quantitative estimate of drug-likeness (QED) is 0.759. The Morgan fingerprint density at radius 3 is 2.62 bits per heavy atom. The van der Waals surface area contributed by atoms with Gasteiger partial charge >= 0.3 is 0 Å². The van der Waals surface area contributed by atoms with Crippen LogP contribution in [0.15, 0.2) is 23.2 Å². The number of hydrogen-bond acceptors (Lipinski definition) is 5. The van der Waals surface area contributed by atoms with Gasteiger partial charge in [-0.25, -0.2) is 18.1 Å². The molecule has 21 heavy (non-hydrogen) atoms. The molecule has 1 aromatic rings. The molecule has 0 unspecified atom stereocenters. The number of pyridine rings is 1. The Kier molecular flexibility index (Phi) is 4.85. The van der Waals surface area contributed by atoms with Crippen molar-refractivity contribution in [2.24, 2.45) is 5.92 Å². The SMILES string of the molecule is CCC1CCC(O)(CNS(=O)(=O)c2ccc(N)nc2)CC1. The number of anilines is 1. The number of nitrogens with two attached hydrogens (primary N) is 1. The van der Waals surface area contributed by atoms with Crippen LogP contribution in [0.4, 0.5) is 5.82 Å². The van der Waals surface area contributed by atoms with Crippen LogP contribution in [0.5, 0.6) is 0 Å². The molecule has 118 valence electrons. The number of nitrogens with zero attached hydrogens (tertiary/aromatic N) is 1. The van der Waals surface area contributed by atoms with Gasteiger partial charge in [0.15, 0.2) is 0 Å². The van der Waals surface area contributed by atoms with Crippen LogP contribution < -0.4 is 10.5 Å². The van der Waals surface area contributed by atoms with Crippen LogP contribution in [-0.2, 0) is 10.0 Å². The highest BCUT2D eigenvalue weighted by atomic mass is 32.2. The maximum absolute atomic E-state index is 12.1. The van der Waals surface area contributed by atoms with Crippen molar-refractivity contribution in [1.82, 2.24) is 9.71 Å². The molecule has 1 fully saturated rings. The zero-order valence-electron chi connectivity index (χ0n) is 12.2. The van der Waals surface area contributed by atoms with Crippen LogP contribution in [0.25, 0.3) is 0 Å². The lowest BCUT2D eigenvalue weighted by molar-refractivity contribution is -0.00442. The molecule has 6 nitrogen and oxygen atoms in total. The van der Waals surface area contributed by atoms with Crippen LogP contribution in [0.2, 0.25) is 0 Å². The smallest absolute Gasteiger partial charge is 0.242 e. The van der Waals surface area contributed by atoms with Gasteiger partial charge in [-0.3, -0.25) is 0 Å². The Morgan fingerprint density at radius 2 is 2.10 bits per heavy atom. The molecule has 0 bridgehead atoms. The Bertz CT molecular complexity index is 564. The second kappa shape index (κ2) is 6.29. The summed E-state index contributed by atoms with van der Waals surface area (Å²) in [6, 6.07) is 2.85. The van der Waals surface area contributed by atoms with Gasteiger partial charge in [0, 0.05) is 12.7 Å². The van der Waals surface area contributed by atoms with E-state index in [1.807, 2.05) is 0 Å². The molecule has 0 atom stereocenters. The predicted molar refractivity (Wildman–Crippen MR) is 81.0 cm³/mol. The van der Waals surface area contributed by atoms with Crippen LogP contribution in [0, 0.1) is 5.92 Å². The molecule has 2 rings (SSSR count). The van der Waals surface area contributed by atoms with Crippen molar-refractivity contribution in [1.29, 1.82) is 0 Å². The minimum absolute atomic E-state index is 0.0378. The summed E-state index contributed by atoms with van der Waals surface area (Å²) in [5.41, 5.74) is 4.50. The van der Waals surface area contributed by atoms with E-state index < -0.39 is 15.6 Å². The Morgan fingerprint density at radius 1 is 1.43 bits per heavy atom. The third-order valence-corrected chi connectivity index (χ3v) is 5.66. The van der Waals surface area contributed by atoms with Gasteiger partial charge in [-0.05, 0) is 43.7 Å². The first-order chi connectivity index (χ1) is 9.85. The molecule has 0 saturated heterocycles. The number of nitrogen functional groups attached to an aromatic ring is 1. The van der Waals surface area contributed by atoms with Gasteiger partial charge in [0.1, 0.15) is 10.7 Å². The standard InChI is InChI=1S/C14H23N3O3S/c1-2-11-5-7-14(18,8-6-11)10-17-21(19,20)12-3-4-13(15)16-9-12/h3-4,9,11,17-18H,2,5-8,10H2,1H3,(H2,15,16). The monoisotopic (exact) mass is 313 g/mol. The molecular weight excluding hydrogens is 290 g/mol. The van der Waals surface area contributed by atoms with Crippen LogP contribution >= 0.6 is 0 Å². The molecule has 1 heterocycles. The first-order valence-electron chi connectivity index (χ1n) is 7.28. The zero-order valence-corrected chi connectivity index (χ0v) is 13.1. The van der Waals surface area contributed by atoms with Gasteiger partial charge in [-0.2, -0.15) is 0 Å². The first-order valence-corrected chi connectivity index (χ1v) is 8.76. The highest BCUT2D eigenvalue weighted by molar-refractivity contribution is 7.89. The van der Waals surface area contributed by atoms with E-state index >= 15 is 0 Å². The summed E-state index contributed by atoms with van der Waals surface area (Å²) in [5.74, 6) is 0.911. The van der Waals surface area contributed by atoms with Gasteiger partial charge in [0.05, 0.1) is 5.60 Å². The lowest BCUT2D eigenvalue weighted by Crippen LogP contribution is -2.45. The second-order valence-corrected chi connectivity index (χ2v) is 7.59. The van der Waals surface area contributed by atoms with E-state index in [1.165, 1.54) is 18.3 Å². The summed E-state index contributed by atoms with van der Waals surface area (Å²) in [6.07, 6.45) is 5.48. The van der Waals surface area contributed by atoms with Gasteiger partial charge in [0.2, 0.25) is 10.0 Å². The fraction of sp³-hybridized carbons (Fsp3) is 0.643. The molecule has 0 aliphatic heterocycles. The second-order valence-electron chi connectivity index (χ2n) is 5.82. The Labute approximate surface area is 125 Å². The van der Waals surface area contributed by atoms with E-state index in [4.69, 9.17) is 5.73 Å². The van der Waals surface area contributed by atoms with E-state index in [0.29, 0.717) is 18.8 Å². The average molecular weight is 313 g/mol. The Hall–Kier alpha value is -1.18. The number of hydrogen-bond donors (Lipinski definition) is 3. The minimum Gasteiger partial charge on any atom is -0.389 e. The normalized spacial score (nSPS) is 26.7. The highest BCUT2D eigenvalue weighted by Crippen LogP contribution is 2.33. The predicted octanol–water partition coefficient (Wildman–Crippen LogP) is 1.27.